The first kappa shape index (κ1) is 17.2. The SMILES string of the molecule is CCCCOC12CC3CC(C1)CC(C(=O)OC(C)OCC)(C3)C2. The van der Waals surface area contributed by atoms with E-state index in [0.717, 1.165) is 51.6 Å². The molecule has 23 heavy (non-hydrogen) atoms. The summed E-state index contributed by atoms with van der Waals surface area (Å²) in [5.74, 6) is 1.22. The molecule has 4 aliphatic carbocycles. The molecule has 4 fully saturated rings. The van der Waals surface area contributed by atoms with Crippen LogP contribution in [0.25, 0.3) is 0 Å². The van der Waals surface area contributed by atoms with Crippen LogP contribution in [-0.2, 0) is 19.0 Å². The minimum Gasteiger partial charge on any atom is -0.436 e. The molecular formula is C19H32O4. The third kappa shape index (κ3) is 3.43. The van der Waals surface area contributed by atoms with Gasteiger partial charge in [-0.05, 0) is 70.6 Å². The van der Waals surface area contributed by atoms with Gasteiger partial charge < -0.3 is 14.2 Å². The van der Waals surface area contributed by atoms with Gasteiger partial charge in [0, 0.05) is 13.2 Å². The summed E-state index contributed by atoms with van der Waals surface area (Å²) in [6.45, 7) is 7.32. The van der Waals surface area contributed by atoms with Crippen molar-refractivity contribution in [3.8, 4) is 0 Å². The fourth-order valence-electron chi connectivity index (χ4n) is 5.56. The lowest BCUT2D eigenvalue weighted by Crippen LogP contribution is -2.59. The molecule has 4 aliphatic rings. The van der Waals surface area contributed by atoms with Crippen molar-refractivity contribution >= 4 is 5.97 Å². The lowest BCUT2D eigenvalue weighted by Gasteiger charge is -2.60. The normalized spacial score (nSPS) is 39.4. The first-order chi connectivity index (χ1) is 11.0. The Morgan fingerprint density at radius 3 is 2.48 bits per heavy atom. The average Bonchev–Trinajstić information content (AvgIpc) is 2.46. The molecule has 0 spiro atoms. The van der Waals surface area contributed by atoms with Crippen LogP contribution >= 0.6 is 0 Å². The highest BCUT2D eigenvalue weighted by molar-refractivity contribution is 5.78. The number of rotatable bonds is 8. The molecule has 4 heteroatoms. The quantitative estimate of drug-likeness (QED) is 0.383. The van der Waals surface area contributed by atoms with Gasteiger partial charge in [-0.3, -0.25) is 4.79 Å². The standard InChI is InChI=1S/C19H32O4/c1-4-6-7-22-19-11-15-8-16(12-19)10-18(9-15,13-19)17(20)23-14(3)21-5-2/h14-16H,4-13H2,1-3H3. The fraction of sp³-hybridized carbons (Fsp3) is 0.947. The van der Waals surface area contributed by atoms with Crippen molar-refractivity contribution in [2.24, 2.45) is 17.3 Å². The van der Waals surface area contributed by atoms with E-state index < -0.39 is 6.29 Å². The first-order valence-corrected chi connectivity index (χ1v) is 9.47. The van der Waals surface area contributed by atoms with Gasteiger partial charge >= 0.3 is 5.97 Å². The maximum absolute atomic E-state index is 12.9. The zero-order chi connectivity index (χ0) is 16.5. The van der Waals surface area contributed by atoms with Crippen molar-refractivity contribution in [1.82, 2.24) is 0 Å². The van der Waals surface area contributed by atoms with Crippen LogP contribution in [0.4, 0.5) is 0 Å². The minimum absolute atomic E-state index is 0.0454. The summed E-state index contributed by atoms with van der Waals surface area (Å²) in [7, 11) is 0. The summed E-state index contributed by atoms with van der Waals surface area (Å²) in [5.41, 5.74) is -0.380. The van der Waals surface area contributed by atoms with E-state index in [1.807, 2.05) is 13.8 Å². The molecule has 0 radical (unpaired) electrons. The summed E-state index contributed by atoms with van der Waals surface area (Å²) in [5, 5.41) is 0. The highest BCUT2D eigenvalue weighted by Gasteiger charge is 2.62. The van der Waals surface area contributed by atoms with Crippen LogP contribution < -0.4 is 0 Å². The number of carbonyl (C=O) groups excluding carboxylic acids is 1. The molecule has 3 atom stereocenters. The summed E-state index contributed by atoms with van der Waals surface area (Å²) in [6.07, 6.45) is 8.20. The highest BCUT2D eigenvalue weighted by atomic mass is 16.7. The Labute approximate surface area is 140 Å². The molecule has 0 heterocycles. The number of hydrogen-bond donors (Lipinski definition) is 0. The van der Waals surface area contributed by atoms with E-state index in [1.54, 1.807) is 0 Å². The molecule has 4 nitrogen and oxygen atoms in total. The van der Waals surface area contributed by atoms with Gasteiger partial charge in [-0.15, -0.1) is 0 Å². The Balaban J connectivity index is 1.71. The van der Waals surface area contributed by atoms with Crippen LogP contribution in [0.1, 0.15) is 72.1 Å². The van der Waals surface area contributed by atoms with Crippen molar-refractivity contribution in [1.29, 1.82) is 0 Å². The fourth-order valence-corrected chi connectivity index (χ4v) is 5.56. The third-order valence-corrected chi connectivity index (χ3v) is 6.02. The van der Waals surface area contributed by atoms with Gasteiger partial charge in [0.05, 0.1) is 11.0 Å². The Hall–Kier alpha value is -0.610. The van der Waals surface area contributed by atoms with Crippen LogP contribution in [0, 0.1) is 17.3 Å². The molecule has 4 saturated carbocycles. The lowest BCUT2D eigenvalue weighted by molar-refractivity contribution is -0.224. The maximum Gasteiger partial charge on any atom is 0.314 e. The van der Waals surface area contributed by atoms with Crippen molar-refractivity contribution < 1.29 is 19.0 Å². The van der Waals surface area contributed by atoms with E-state index in [2.05, 4.69) is 6.92 Å². The summed E-state index contributed by atoms with van der Waals surface area (Å²) in [4.78, 5) is 12.9. The zero-order valence-electron chi connectivity index (χ0n) is 14.9. The van der Waals surface area contributed by atoms with E-state index in [1.165, 1.54) is 6.42 Å². The molecule has 0 aromatic heterocycles. The molecule has 4 rings (SSSR count). The second kappa shape index (κ2) is 6.72. The van der Waals surface area contributed by atoms with Gasteiger partial charge in [-0.2, -0.15) is 0 Å². The van der Waals surface area contributed by atoms with Crippen LogP contribution in [-0.4, -0.2) is 31.1 Å². The smallest absolute Gasteiger partial charge is 0.314 e. The third-order valence-electron chi connectivity index (χ3n) is 6.02. The van der Waals surface area contributed by atoms with Gasteiger partial charge in [-0.1, -0.05) is 13.3 Å². The Bertz CT molecular complexity index is 419. The summed E-state index contributed by atoms with van der Waals surface area (Å²) in [6, 6.07) is 0. The molecule has 3 unspecified atom stereocenters. The highest BCUT2D eigenvalue weighted by Crippen LogP contribution is 2.63. The first-order valence-electron chi connectivity index (χ1n) is 9.47. The van der Waals surface area contributed by atoms with Crippen molar-refractivity contribution in [3.05, 3.63) is 0 Å². The molecule has 0 aromatic carbocycles. The lowest BCUT2D eigenvalue weighted by atomic mass is 9.48. The van der Waals surface area contributed by atoms with Crippen molar-refractivity contribution in [3.63, 3.8) is 0 Å². The maximum atomic E-state index is 12.9. The Morgan fingerprint density at radius 2 is 1.87 bits per heavy atom. The Morgan fingerprint density at radius 1 is 1.17 bits per heavy atom. The van der Waals surface area contributed by atoms with E-state index in [4.69, 9.17) is 14.2 Å². The second-order valence-corrected chi connectivity index (χ2v) is 8.05. The summed E-state index contributed by atoms with van der Waals surface area (Å²) >= 11 is 0. The minimum atomic E-state index is -0.447. The molecular weight excluding hydrogens is 292 g/mol. The predicted octanol–water partition coefficient (Wildman–Crippen LogP) is 4.07. The number of esters is 1. The van der Waals surface area contributed by atoms with E-state index in [0.29, 0.717) is 18.4 Å². The van der Waals surface area contributed by atoms with Crippen molar-refractivity contribution in [2.45, 2.75) is 84.0 Å². The zero-order valence-corrected chi connectivity index (χ0v) is 14.9. The molecule has 0 saturated heterocycles. The topological polar surface area (TPSA) is 44.8 Å². The van der Waals surface area contributed by atoms with Crippen LogP contribution in [0.15, 0.2) is 0 Å². The van der Waals surface area contributed by atoms with Crippen molar-refractivity contribution in [2.75, 3.05) is 13.2 Å². The second-order valence-electron chi connectivity index (χ2n) is 8.05. The Kier molecular flexibility index (Phi) is 5.03. The predicted molar refractivity (Wildman–Crippen MR) is 87.9 cm³/mol. The molecule has 0 N–H and O–H groups in total. The average molecular weight is 324 g/mol. The van der Waals surface area contributed by atoms with Gasteiger partial charge in [0.15, 0.2) is 6.29 Å². The number of hydrogen-bond acceptors (Lipinski definition) is 4. The van der Waals surface area contributed by atoms with Crippen LogP contribution in [0.3, 0.4) is 0 Å². The van der Waals surface area contributed by atoms with Gasteiger partial charge in [0.2, 0.25) is 0 Å². The van der Waals surface area contributed by atoms with Crippen LogP contribution in [0.5, 0.6) is 0 Å². The van der Waals surface area contributed by atoms with Gasteiger partial charge in [-0.25, -0.2) is 0 Å². The molecule has 0 aliphatic heterocycles. The molecule has 132 valence electrons. The monoisotopic (exact) mass is 324 g/mol. The molecule has 4 bridgehead atoms. The number of ether oxygens (including phenoxy) is 3. The number of unbranched alkanes of at least 4 members (excludes halogenated alkanes) is 1. The van der Waals surface area contributed by atoms with E-state index >= 15 is 0 Å². The molecule has 0 aromatic rings. The largest absolute Gasteiger partial charge is 0.436 e. The number of carbonyl (C=O) groups is 1. The van der Waals surface area contributed by atoms with E-state index in [9.17, 15) is 4.79 Å². The van der Waals surface area contributed by atoms with E-state index in [-0.39, 0.29) is 17.0 Å². The van der Waals surface area contributed by atoms with Crippen LogP contribution in [0.2, 0.25) is 0 Å². The summed E-state index contributed by atoms with van der Waals surface area (Å²) < 4.78 is 17.4. The molecule has 0 amide bonds. The van der Waals surface area contributed by atoms with Gasteiger partial charge in [0.1, 0.15) is 0 Å². The van der Waals surface area contributed by atoms with Gasteiger partial charge in [0.25, 0.3) is 0 Å².